The largest absolute Gasteiger partial charge is 0.422 e. The van der Waals surface area contributed by atoms with E-state index in [2.05, 4.69) is 10.9 Å². The van der Waals surface area contributed by atoms with E-state index in [-0.39, 0.29) is 21.8 Å². The zero-order valence-electron chi connectivity index (χ0n) is 15.2. The van der Waals surface area contributed by atoms with Crippen molar-refractivity contribution < 1.29 is 17.6 Å². The van der Waals surface area contributed by atoms with Gasteiger partial charge in [0.15, 0.2) is 4.80 Å². The molecular weight excluding hydrogens is 426 g/mol. The van der Waals surface area contributed by atoms with Crippen molar-refractivity contribution in [2.24, 2.45) is 10.1 Å². The fraction of sp³-hybridized carbons (Fsp3) is 0.0500. The number of nitrogens with zero attached hydrogens (tertiary/aromatic N) is 2. The zero-order valence-corrected chi connectivity index (χ0v) is 16.9. The van der Waals surface area contributed by atoms with Gasteiger partial charge in [-0.1, -0.05) is 35.5 Å². The molecule has 2 aromatic carbocycles. The summed E-state index contributed by atoms with van der Waals surface area (Å²) >= 11 is 1.05. The maximum atomic E-state index is 12.7. The van der Waals surface area contributed by atoms with Gasteiger partial charge in [0.25, 0.3) is 5.91 Å². The van der Waals surface area contributed by atoms with Crippen molar-refractivity contribution in [1.29, 1.82) is 0 Å². The van der Waals surface area contributed by atoms with Crippen LogP contribution in [0.2, 0.25) is 0 Å². The number of carbonyl (C=O) groups excluding carboxylic acids is 1. The molecule has 0 spiro atoms. The van der Waals surface area contributed by atoms with Crippen LogP contribution in [0.3, 0.4) is 0 Å². The predicted molar refractivity (Wildman–Crippen MR) is 112 cm³/mol. The molecule has 1 amide bonds. The number of primary sulfonamides is 1. The Kier molecular flexibility index (Phi) is 4.87. The molecular formula is C20H13N3O5S2. The number of thiazole rings is 1. The van der Waals surface area contributed by atoms with Crippen molar-refractivity contribution in [1.82, 2.24) is 4.57 Å². The highest BCUT2D eigenvalue weighted by Crippen LogP contribution is 2.21. The molecule has 2 aromatic heterocycles. The van der Waals surface area contributed by atoms with Gasteiger partial charge in [-0.2, -0.15) is 4.99 Å². The lowest BCUT2D eigenvalue weighted by Crippen LogP contribution is -2.19. The molecule has 10 heteroatoms. The molecule has 0 atom stereocenters. The number of amides is 1. The predicted octanol–water partition coefficient (Wildman–Crippen LogP) is 1.83. The molecule has 4 aromatic rings. The molecule has 150 valence electrons. The van der Waals surface area contributed by atoms with Crippen LogP contribution in [-0.2, 0) is 16.6 Å². The Morgan fingerprint density at radius 1 is 1.23 bits per heavy atom. The molecule has 2 N–H and O–H groups in total. The highest BCUT2D eigenvalue weighted by Gasteiger charge is 2.16. The van der Waals surface area contributed by atoms with Crippen molar-refractivity contribution >= 4 is 48.5 Å². The number of carbonyl (C=O) groups is 1. The average Bonchev–Trinajstić information content (AvgIpc) is 3.03. The number of hydrogen-bond donors (Lipinski definition) is 1. The average molecular weight is 439 g/mol. The minimum atomic E-state index is -3.90. The van der Waals surface area contributed by atoms with Gasteiger partial charge in [0.1, 0.15) is 11.1 Å². The summed E-state index contributed by atoms with van der Waals surface area (Å²) in [4.78, 5) is 29.2. The number of benzene rings is 2. The van der Waals surface area contributed by atoms with Crippen LogP contribution in [0.1, 0.15) is 10.4 Å². The summed E-state index contributed by atoms with van der Waals surface area (Å²) in [5.41, 5.74) is -0.0755. The third-order valence-electron chi connectivity index (χ3n) is 4.30. The molecule has 0 fully saturated rings. The summed E-state index contributed by atoms with van der Waals surface area (Å²) in [5.74, 6) is 1.68. The second kappa shape index (κ2) is 7.38. The molecule has 0 saturated carbocycles. The molecule has 0 aliphatic rings. The first-order valence-electron chi connectivity index (χ1n) is 8.49. The number of para-hydroxylation sites is 1. The van der Waals surface area contributed by atoms with Gasteiger partial charge in [0, 0.05) is 5.39 Å². The van der Waals surface area contributed by atoms with Crippen LogP contribution in [0.5, 0.6) is 0 Å². The lowest BCUT2D eigenvalue weighted by Gasteiger charge is -2.01. The van der Waals surface area contributed by atoms with Crippen molar-refractivity contribution in [3.63, 3.8) is 0 Å². The van der Waals surface area contributed by atoms with Gasteiger partial charge in [0.05, 0.1) is 21.7 Å². The van der Waals surface area contributed by atoms with Gasteiger partial charge in [-0.3, -0.25) is 4.79 Å². The Bertz CT molecular complexity index is 1600. The smallest absolute Gasteiger partial charge is 0.349 e. The molecule has 2 heterocycles. The second-order valence-electron chi connectivity index (χ2n) is 6.25. The van der Waals surface area contributed by atoms with E-state index in [9.17, 15) is 18.0 Å². The van der Waals surface area contributed by atoms with E-state index >= 15 is 0 Å². The maximum Gasteiger partial charge on any atom is 0.349 e. The number of sulfonamides is 1. The van der Waals surface area contributed by atoms with Gasteiger partial charge < -0.3 is 8.98 Å². The Morgan fingerprint density at radius 3 is 2.73 bits per heavy atom. The van der Waals surface area contributed by atoms with Crippen LogP contribution < -0.4 is 15.6 Å². The molecule has 0 bridgehead atoms. The van der Waals surface area contributed by atoms with Crippen LogP contribution in [0.15, 0.2) is 67.6 Å². The minimum Gasteiger partial charge on any atom is -0.422 e. The number of aromatic nitrogens is 1. The lowest BCUT2D eigenvalue weighted by molar-refractivity contribution is 0.0994. The van der Waals surface area contributed by atoms with E-state index in [1.54, 1.807) is 28.8 Å². The van der Waals surface area contributed by atoms with Gasteiger partial charge in [0.2, 0.25) is 10.0 Å². The number of rotatable bonds is 3. The molecule has 0 aliphatic heterocycles. The van der Waals surface area contributed by atoms with Crippen LogP contribution in [0.25, 0.3) is 21.2 Å². The Labute approximate surface area is 174 Å². The van der Waals surface area contributed by atoms with Gasteiger partial charge in [-0.25, -0.2) is 18.4 Å². The summed E-state index contributed by atoms with van der Waals surface area (Å²) < 4.78 is 30.5. The Hall–Kier alpha value is -3.52. The van der Waals surface area contributed by atoms with E-state index < -0.39 is 21.6 Å². The fourth-order valence-corrected chi connectivity index (χ4v) is 4.60. The normalized spacial score (nSPS) is 12.3. The topological polar surface area (TPSA) is 125 Å². The highest BCUT2D eigenvalue weighted by atomic mass is 32.2. The molecule has 0 unspecified atom stereocenters. The first-order chi connectivity index (χ1) is 14.3. The Morgan fingerprint density at radius 2 is 2.00 bits per heavy atom. The van der Waals surface area contributed by atoms with Crippen LogP contribution in [0.4, 0.5) is 0 Å². The molecule has 0 aliphatic carbocycles. The maximum absolute atomic E-state index is 12.7. The number of fused-ring (bicyclic) bond motifs is 2. The van der Waals surface area contributed by atoms with Gasteiger partial charge in [-0.15, -0.1) is 6.42 Å². The van der Waals surface area contributed by atoms with E-state index in [0.717, 1.165) is 11.3 Å². The van der Waals surface area contributed by atoms with Crippen LogP contribution in [-0.4, -0.2) is 18.9 Å². The van der Waals surface area contributed by atoms with E-state index in [4.69, 9.17) is 16.0 Å². The standard InChI is InChI=1S/C20H13N3O5S2/c1-2-9-23-15-8-7-13(30(21,26)27)11-17(15)29-20(23)22-18(24)14-10-12-5-3-4-6-16(12)28-19(14)25/h1,3-8,10-11H,9H2,(H2,21,26,27). The molecule has 8 nitrogen and oxygen atoms in total. The van der Waals surface area contributed by atoms with Gasteiger partial charge >= 0.3 is 5.63 Å². The quantitative estimate of drug-likeness (QED) is 0.385. The minimum absolute atomic E-state index is 0.0721. The first-order valence-corrected chi connectivity index (χ1v) is 10.9. The summed E-state index contributed by atoms with van der Waals surface area (Å²) in [5, 5.41) is 5.77. The molecule has 0 saturated heterocycles. The fourth-order valence-electron chi connectivity index (χ4n) is 2.92. The van der Waals surface area contributed by atoms with Gasteiger partial charge in [-0.05, 0) is 30.3 Å². The highest BCUT2D eigenvalue weighted by molar-refractivity contribution is 7.89. The number of nitrogens with two attached hydrogens (primary N) is 1. The first kappa shape index (κ1) is 19.8. The van der Waals surface area contributed by atoms with E-state index in [1.165, 1.54) is 24.3 Å². The van der Waals surface area contributed by atoms with Crippen molar-refractivity contribution in [2.45, 2.75) is 11.4 Å². The summed E-state index contributed by atoms with van der Waals surface area (Å²) in [6.07, 6.45) is 5.43. The molecule has 30 heavy (non-hydrogen) atoms. The van der Waals surface area contributed by atoms with Crippen molar-refractivity contribution in [3.8, 4) is 12.3 Å². The summed E-state index contributed by atoms with van der Waals surface area (Å²) in [6, 6.07) is 12.5. The molecule has 4 rings (SSSR count). The van der Waals surface area contributed by atoms with E-state index in [1.807, 2.05) is 0 Å². The third kappa shape index (κ3) is 3.57. The third-order valence-corrected chi connectivity index (χ3v) is 6.25. The van der Waals surface area contributed by atoms with E-state index in [0.29, 0.717) is 21.2 Å². The SMILES string of the molecule is C#CCn1c(=NC(=O)c2cc3ccccc3oc2=O)sc2cc(S(N)(=O)=O)ccc21. The van der Waals surface area contributed by atoms with Crippen molar-refractivity contribution in [2.75, 3.05) is 0 Å². The second-order valence-corrected chi connectivity index (χ2v) is 8.82. The monoisotopic (exact) mass is 439 g/mol. The zero-order chi connectivity index (χ0) is 21.5. The summed E-state index contributed by atoms with van der Waals surface area (Å²) in [7, 11) is -3.90. The van der Waals surface area contributed by atoms with Crippen LogP contribution >= 0.6 is 11.3 Å². The van der Waals surface area contributed by atoms with Crippen LogP contribution in [0, 0.1) is 12.3 Å². The number of terminal acetylenes is 1. The molecule has 0 radical (unpaired) electrons. The summed E-state index contributed by atoms with van der Waals surface area (Å²) in [6.45, 7) is 0.0904. The lowest BCUT2D eigenvalue weighted by atomic mass is 10.2. The number of hydrogen-bond acceptors (Lipinski definition) is 6. The Balaban J connectivity index is 1.90. The van der Waals surface area contributed by atoms with Crippen molar-refractivity contribution in [3.05, 3.63) is 69.3 Å².